The Bertz CT molecular complexity index is 966. The van der Waals surface area contributed by atoms with Crippen molar-refractivity contribution in [2.45, 2.75) is 45.2 Å². The molecule has 0 radical (unpaired) electrons. The fourth-order valence-corrected chi connectivity index (χ4v) is 4.16. The lowest BCUT2D eigenvalue weighted by molar-refractivity contribution is 0.192. The van der Waals surface area contributed by atoms with Gasteiger partial charge in [0.15, 0.2) is 11.6 Å². The summed E-state index contributed by atoms with van der Waals surface area (Å²) >= 11 is 0. The van der Waals surface area contributed by atoms with Gasteiger partial charge in [0.25, 0.3) is 0 Å². The first-order valence-corrected chi connectivity index (χ1v) is 11.4. The molecule has 164 valence electrons. The van der Waals surface area contributed by atoms with Gasteiger partial charge >= 0.3 is 0 Å². The Morgan fingerprint density at radius 2 is 2.00 bits per heavy atom. The van der Waals surface area contributed by atoms with E-state index in [0.717, 1.165) is 63.0 Å². The summed E-state index contributed by atoms with van der Waals surface area (Å²) in [5.74, 6) is 1.91. The van der Waals surface area contributed by atoms with Crippen LogP contribution in [-0.2, 0) is 13.0 Å². The van der Waals surface area contributed by atoms with E-state index in [1.54, 1.807) is 0 Å². The molecule has 1 aliphatic rings. The lowest BCUT2D eigenvalue weighted by Crippen LogP contribution is -2.51. The summed E-state index contributed by atoms with van der Waals surface area (Å²) in [7, 11) is 0. The molecule has 1 aromatic carbocycles. The number of hydrogen-bond acceptors (Lipinski definition) is 4. The molecule has 2 N–H and O–H groups in total. The number of likely N-dealkylation sites (tertiary alicyclic amines) is 1. The molecule has 31 heavy (non-hydrogen) atoms. The highest BCUT2D eigenvalue weighted by atomic mass is 15.2. The van der Waals surface area contributed by atoms with Gasteiger partial charge in [-0.3, -0.25) is 14.3 Å². The van der Waals surface area contributed by atoms with Crippen molar-refractivity contribution in [1.29, 1.82) is 0 Å². The Morgan fingerprint density at radius 1 is 1.13 bits per heavy atom. The molecule has 1 unspecified atom stereocenters. The monoisotopic (exact) mass is 419 g/mol. The Kier molecular flexibility index (Phi) is 7.50. The molecule has 3 heterocycles. The minimum absolute atomic E-state index is 0.427. The van der Waals surface area contributed by atoms with Crippen molar-refractivity contribution in [3.63, 3.8) is 0 Å². The van der Waals surface area contributed by atoms with E-state index in [4.69, 9.17) is 4.99 Å². The van der Waals surface area contributed by atoms with E-state index < -0.39 is 0 Å². The molecule has 0 saturated carbocycles. The summed E-state index contributed by atoms with van der Waals surface area (Å²) in [5.41, 5.74) is 2.28. The van der Waals surface area contributed by atoms with E-state index in [0.29, 0.717) is 6.04 Å². The Labute approximate surface area is 184 Å². The van der Waals surface area contributed by atoms with Gasteiger partial charge in [0.1, 0.15) is 5.82 Å². The number of fused-ring (bicyclic) bond motifs is 1. The maximum absolute atomic E-state index is 4.81. The molecule has 1 fully saturated rings. The van der Waals surface area contributed by atoms with Crippen LogP contribution in [0, 0.1) is 0 Å². The highest BCUT2D eigenvalue weighted by molar-refractivity contribution is 5.80. The summed E-state index contributed by atoms with van der Waals surface area (Å²) in [6.07, 6.45) is 6.22. The molecule has 1 atom stereocenters. The molecule has 1 aliphatic heterocycles. The van der Waals surface area contributed by atoms with Crippen molar-refractivity contribution < 1.29 is 0 Å². The van der Waals surface area contributed by atoms with Gasteiger partial charge in [0, 0.05) is 44.8 Å². The van der Waals surface area contributed by atoms with Crippen LogP contribution in [0.15, 0.2) is 59.7 Å². The molecular formula is C24H33N7. The summed E-state index contributed by atoms with van der Waals surface area (Å²) in [6, 6.07) is 17.1. The number of aryl methyl sites for hydroxylation is 1. The minimum atomic E-state index is 0.427. The first-order valence-electron chi connectivity index (χ1n) is 11.4. The van der Waals surface area contributed by atoms with Crippen molar-refractivity contribution in [3.8, 4) is 0 Å². The second kappa shape index (κ2) is 10.9. The zero-order valence-corrected chi connectivity index (χ0v) is 18.4. The zero-order valence-electron chi connectivity index (χ0n) is 18.4. The van der Waals surface area contributed by atoms with Crippen LogP contribution in [0.25, 0.3) is 5.65 Å². The molecular weight excluding hydrogens is 386 g/mol. The quantitative estimate of drug-likeness (QED) is 0.334. The normalized spacial score (nSPS) is 17.7. The molecule has 0 spiro atoms. The van der Waals surface area contributed by atoms with Crippen molar-refractivity contribution >= 4 is 11.6 Å². The molecule has 2 aromatic heterocycles. The van der Waals surface area contributed by atoms with Crippen LogP contribution in [0.5, 0.6) is 0 Å². The highest BCUT2D eigenvalue weighted by Gasteiger charge is 2.20. The molecule has 0 amide bonds. The maximum Gasteiger partial charge on any atom is 0.191 e. The fourth-order valence-electron chi connectivity index (χ4n) is 4.16. The predicted molar refractivity (Wildman–Crippen MR) is 125 cm³/mol. The lowest BCUT2D eigenvalue weighted by atomic mass is 10.0. The molecule has 7 heteroatoms. The largest absolute Gasteiger partial charge is 0.357 e. The number of aliphatic imine (C=N–C) groups is 1. The first kappa shape index (κ1) is 21.3. The van der Waals surface area contributed by atoms with E-state index >= 15 is 0 Å². The third-order valence-corrected chi connectivity index (χ3v) is 5.65. The highest BCUT2D eigenvalue weighted by Crippen LogP contribution is 2.14. The van der Waals surface area contributed by atoms with Gasteiger partial charge in [-0.15, -0.1) is 10.2 Å². The third kappa shape index (κ3) is 6.04. The standard InChI is InChI=1S/C24H33N7/c1-2-25-24(26-15-8-14-23-29-28-22-13-6-7-17-31(22)23)27-21-12-9-16-30(19-21)18-20-10-4-3-5-11-20/h3-7,10-11,13,17,21H,2,8-9,12,14-16,18-19H2,1H3,(H2,25,26,27). The van der Waals surface area contributed by atoms with Crippen molar-refractivity contribution in [2.24, 2.45) is 4.99 Å². The van der Waals surface area contributed by atoms with E-state index in [1.807, 2.05) is 24.4 Å². The molecule has 7 nitrogen and oxygen atoms in total. The van der Waals surface area contributed by atoms with Crippen LogP contribution < -0.4 is 10.6 Å². The summed E-state index contributed by atoms with van der Waals surface area (Å²) in [4.78, 5) is 7.35. The number of benzene rings is 1. The Balaban J connectivity index is 1.28. The summed E-state index contributed by atoms with van der Waals surface area (Å²) < 4.78 is 2.05. The summed E-state index contributed by atoms with van der Waals surface area (Å²) in [6.45, 7) is 6.96. The van der Waals surface area contributed by atoms with Crippen LogP contribution in [-0.4, -0.2) is 57.7 Å². The van der Waals surface area contributed by atoms with Crippen LogP contribution >= 0.6 is 0 Å². The van der Waals surface area contributed by atoms with E-state index in [2.05, 4.69) is 67.4 Å². The molecule has 1 saturated heterocycles. The van der Waals surface area contributed by atoms with Gasteiger partial charge < -0.3 is 10.6 Å². The van der Waals surface area contributed by atoms with E-state index in [1.165, 1.54) is 18.4 Å². The van der Waals surface area contributed by atoms with Gasteiger partial charge in [-0.1, -0.05) is 36.4 Å². The zero-order chi connectivity index (χ0) is 21.3. The minimum Gasteiger partial charge on any atom is -0.357 e. The van der Waals surface area contributed by atoms with E-state index in [9.17, 15) is 0 Å². The topological polar surface area (TPSA) is 69.8 Å². The number of guanidine groups is 1. The first-order chi connectivity index (χ1) is 15.3. The van der Waals surface area contributed by atoms with Gasteiger partial charge in [0.2, 0.25) is 0 Å². The van der Waals surface area contributed by atoms with Gasteiger partial charge in [-0.25, -0.2) is 0 Å². The van der Waals surface area contributed by atoms with Crippen LogP contribution in [0.3, 0.4) is 0 Å². The van der Waals surface area contributed by atoms with E-state index in [-0.39, 0.29) is 0 Å². The Morgan fingerprint density at radius 3 is 2.87 bits per heavy atom. The number of pyridine rings is 1. The van der Waals surface area contributed by atoms with Crippen LogP contribution in [0.4, 0.5) is 0 Å². The van der Waals surface area contributed by atoms with Crippen LogP contribution in [0.2, 0.25) is 0 Å². The van der Waals surface area contributed by atoms with Gasteiger partial charge in [-0.05, 0) is 50.4 Å². The fraction of sp³-hybridized carbons (Fsp3) is 0.458. The average molecular weight is 420 g/mol. The number of aromatic nitrogens is 3. The number of rotatable bonds is 8. The van der Waals surface area contributed by atoms with Crippen LogP contribution in [0.1, 0.15) is 37.6 Å². The van der Waals surface area contributed by atoms with Crippen molar-refractivity contribution in [2.75, 3.05) is 26.2 Å². The maximum atomic E-state index is 4.81. The molecule has 0 bridgehead atoms. The lowest BCUT2D eigenvalue weighted by Gasteiger charge is -2.34. The SMILES string of the molecule is CCNC(=NCCCc1nnc2ccccn12)NC1CCCN(Cc2ccccc2)C1. The predicted octanol–water partition coefficient (Wildman–Crippen LogP) is 2.88. The second-order valence-corrected chi connectivity index (χ2v) is 8.11. The van der Waals surface area contributed by atoms with Crippen molar-refractivity contribution in [3.05, 3.63) is 66.1 Å². The van der Waals surface area contributed by atoms with Crippen molar-refractivity contribution in [1.82, 2.24) is 30.1 Å². The smallest absolute Gasteiger partial charge is 0.191 e. The molecule has 3 aromatic rings. The number of nitrogens with zero attached hydrogens (tertiary/aromatic N) is 5. The van der Waals surface area contributed by atoms with Gasteiger partial charge in [0.05, 0.1) is 0 Å². The number of hydrogen-bond donors (Lipinski definition) is 2. The summed E-state index contributed by atoms with van der Waals surface area (Å²) in [5, 5.41) is 15.6. The third-order valence-electron chi connectivity index (χ3n) is 5.65. The molecule has 4 rings (SSSR count). The molecule has 0 aliphatic carbocycles. The Hall–Kier alpha value is -2.93. The number of piperidine rings is 1. The number of nitrogens with one attached hydrogen (secondary N) is 2. The average Bonchev–Trinajstić information content (AvgIpc) is 3.21. The second-order valence-electron chi connectivity index (χ2n) is 8.11. The van der Waals surface area contributed by atoms with Gasteiger partial charge in [-0.2, -0.15) is 0 Å².